The van der Waals surface area contributed by atoms with Crippen molar-refractivity contribution >= 4 is 12.1 Å². The summed E-state index contributed by atoms with van der Waals surface area (Å²) < 4.78 is 25.5. The minimum atomic E-state index is -0.465. The van der Waals surface area contributed by atoms with Crippen LogP contribution in [0.15, 0.2) is 101 Å². The van der Waals surface area contributed by atoms with Crippen molar-refractivity contribution in [2.24, 2.45) is 5.10 Å². The van der Waals surface area contributed by atoms with Gasteiger partial charge in [0.2, 0.25) is 0 Å². The minimum absolute atomic E-state index is 0.138. The summed E-state index contributed by atoms with van der Waals surface area (Å²) >= 11 is 0. The Morgan fingerprint density at radius 1 is 0.837 bits per heavy atom. The maximum Gasteiger partial charge on any atom is 0.307 e. The van der Waals surface area contributed by atoms with Crippen LogP contribution in [0, 0.1) is 20.8 Å². The Morgan fingerprint density at radius 2 is 1.63 bits per heavy atom. The number of benzene rings is 3. The average molecular weight is 578 g/mol. The molecule has 0 atom stereocenters. The van der Waals surface area contributed by atoms with Gasteiger partial charge in [0.05, 0.1) is 12.8 Å². The number of nitrogens with one attached hydrogen (secondary N) is 1. The van der Waals surface area contributed by atoms with E-state index in [4.69, 9.17) is 18.6 Å². The fourth-order valence-corrected chi connectivity index (χ4v) is 4.68. The van der Waals surface area contributed by atoms with Crippen molar-refractivity contribution < 1.29 is 23.4 Å². The van der Waals surface area contributed by atoms with Crippen LogP contribution >= 0.6 is 0 Å². The number of hydrogen-bond acceptors (Lipinski definition) is 6. The van der Waals surface area contributed by atoms with Crippen LogP contribution in [-0.2, 0) is 13.2 Å². The first-order chi connectivity index (χ1) is 20.9. The topological polar surface area (TPSA) is 87.2 Å². The van der Waals surface area contributed by atoms with E-state index in [9.17, 15) is 4.79 Å². The highest BCUT2D eigenvalue weighted by Gasteiger charge is 2.12. The smallest absolute Gasteiger partial charge is 0.307 e. The summed E-state index contributed by atoms with van der Waals surface area (Å²) in [7, 11) is 0. The van der Waals surface area contributed by atoms with Crippen LogP contribution in [0.4, 0.5) is 0 Å². The maximum absolute atomic E-state index is 12.6. The van der Waals surface area contributed by atoms with Crippen LogP contribution in [0.1, 0.15) is 51.3 Å². The maximum atomic E-state index is 12.6. The third-order valence-corrected chi connectivity index (χ3v) is 6.76. The molecule has 0 bridgehead atoms. The van der Waals surface area contributed by atoms with Crippen LogP contribution in [0.5, 0.6) is 17.2 Å². The van der Waals surface area contributed by atoms with Gasteiger partial charge in [-0.15, -0.1) is 0 Å². The van der Waals surface area contributed by atoms with Gasteiger partial charge in [-0.3, -0.25) is 4.79 Å². The van der Waals surface area contributed by atoms with E-state index < -0.39 is 5.91 Å². The average Bonchev–Trinajstić information content (AvgIpc) is 3.62. The van der Waals surface area contributed by atoms with Crippen molar-refractivity contribution in [2.45, 2.75) is 40.9 Å². The summed E-state index contributed by atoms with van der Waals surface area (Å²) in [4.78, 5) is 12.6. The minimum Gasteiger partial charge on any atom is -0.490 e. The number of carbonyl (C=O) groups is 1. The van der Waals surface area contributed by atoms with Gasteiger partial charge in [0.1, 0.15) is 24.7 Å². The van der Waals surface area contributed by atoms with Crippen molar-refractivity contribution in [3.05, 3.63) is 131 Å². The van der Waals surface area contributed by atoms with Gasteiger partial charge >= 0.3 is 5.91 Å². The predicted octanol–water partition coefficient (Wildman–Crippen LogP) is 7.32. The summed E-state index contributed by atoms with van der Waals surface area (Å²) in [6, 6.07) is 29.0. The molecule has 8 heteroatoms. The Morgan fingerprint density at radius 3 is 2.37 bits per heavy atom. The van der Waals surface area contributed by atoms with Crippen molar-refractivity contribution in [2.75, 3.05) is 6.61 Å². The second-order valence-electron chi connectivity index (χ2n) is 10.1. The number of carbonyl (C=O) groups excluding carboxylic acids is 1. The number of furan rings is 1. The molecule has 8 nitrogen and oxygen atoms in total. The number of aryl methyl sites for hydroxylation is 3. The molecule has 220 valence electrons. The Balaban J connectivity index is 1.13. The summed E-state index contributed by atoms with van der Waals surface area (Å²) in [5.74, 6) is 2.14. The van der Waals surface area contributed by atoms with Gasteiger partial charge in [-0.05, 0) is 106 Å². The first-order valence-corrected chi connectivity index (χ1v) is 14.1. The lowest BCUT2D eigenvalue weighted by Gasteiger charge is -2.13. The number of hydrogen-bond donors (Lipinski definition) is 1. The molecular formula is C35H35N3O5. The van der Waals surface area contributed by atoms with Crippen LogP contribution < -0.4 is 19.6 Å². The molecule has 2 aromatic heterocycles. The SMILES string of the molecule is CCOc1cc(/C=N/NC(=O)c2ccc(COc3ccc(-n4c(C)ccc4C)cc3)o2)ccc1OCc1cccc(C)c1. The molecule has 0 aliphatic rings. The Labute approximate surface area is 251 Å². The third kappa shape index (κ3) is 7.54. The van der Waals surface area contributed by atoms with E-state index >= 15 is 0 Å². The Hall–Kier alpha value is -5.24. The molecular weight excluding hydrogens is 542 g/mol. The van der Waals surface area contributed by atoms with E-state index in [1.807, 2.05) is 61.5 Å². The fourth-order valence-electron chi connectivity index (χ4n) is 4.68. The van der Waals surface area contributed by atoms with Gasteiger partial charge < -0.3 is 23.2 Å². The van der Waals surface area contributed by atoms with Crippen LogP contribution in [0.2, 0.25) is 0 Å². The molecule has 0 aliphatic carbocycles. The monoisotopic (exact) mass is 577 g/mol. The summed E-state index contributed by atoms with van der Waals surface area (Å²) in [5, 5.41) is 4.08. The molecule has 5 rings (SSSR count). The van der Waals surface area contributed by atoms with Gasteiger partial charge in [0, 0.05) is 17.1 Å². The lowest BCUT2D eigenvalue weighted by Crippen LogP contribution is -2.16. The van der Waals surface area contributed by atoms with Crippen LogP contribution in [-0.4, -0.2) is 23.3 Å². The number of ether oxygens (including phenoxy) is 3. The molecule has 1 N–H and O–H groups in total. The molecule has 0 spiro atoms. The fraction of sp³-hybridized carbons (Fsp3) is 0.200. The van der Waals surface area contributed by atoms with Crippen LogP contribution in [0.25, 0.3) is 5.69 Å². The van der Waals surface area contributed by atoms with Crippen LogP contribution in [0.3, 0.4) is 0 Å². The molecule has 0 aliphatic heterocycles. The summed E-state index contributed by atoms with van der Waals surface area (Å²) in [5.41, 5.74) is 8.92. The molecule has 1 amide bonds. The Kier molecular flexibility index (Phi) is 9.26. The zero-order valence-corrected chi connectivity index (χ0v) is 24.8. The third-order valence-electron chi connectivity index (χ3n) is 6.76. The molecule has 43 heavy (non-hydrogen) atoms. The van der Waals surface area contributed by atoms with Gasteiger partial charge in [0.15, 0.2) is 17.3 Å². The highest BCUT2D eigenvalue weighted by atomic mass is 16.5. The number of hydrazone groups is 1. The largest absolute Gasteiger partial charge is 0.490 e. The van der Waals surface area contributed by atoms with E-state index in [1.165, 1.54) is 23.2 Å². The predicted molar refractivity (Wildman–Crippen MR) is 166 cm³/mol. The first kappa shape index (κ1) is 29.3. The lowest BCUT2D eigenvalue weighted by atomic mass is 10.1. The standard InChI is InChI=1S/C35H35N3O5/c1-5-40-34-20-27(11-17-32(34)42-22-28-8-6-7-24(2)19-28)21-36-37-35(39)33-18-16-31(43-33)23-41-30-14-12-29(13-15-30)38-25(3)9-10-26(38)4/h6-21H,5,22-23H2,1-4H3,(H,37,39)/b36-21+. The van der Waals surface area contributed by atoms with Gasteiger partial charge in [-0.2, -0.15) is 5.10 Å². The molecule has 0 saturated carbocycles. The molecule has 0 radical (unpaired) electrons. The molecule has 0 fully saturated rings. The highest BCUT2D eigenvalue weighted by molar-refractivity contribution is 5.92. The number of aromatic nitrogens is 1. The molecule has 3 aromatic carbocycles. The normalized spacial score (nSPS) is 11.1. The summed E-state index contributed by atoms with van der Waals surface area (Å²) in [6.45, 7) is 9.23. The number of nitrogens with zero attached hydrogens (tertiary/aromatic N) is 2. The second kappa shape index (κ2) is 13.6. The second-order valence-corrected chi connectivity index (χ2v) is 10.1. The van der Waals surface area contributed by atoms with Crippen molar-refractivity contribution in [3.8, 4) is 22.9 Å². The molecule has 5 aromatic rings. The number of rotatable bonds is 12. The van der Waals surface area contributed by atoms with E-state index in [0.29, 0.717) is 36.2 Å². The van der Waals surface area contributed by atoms with Gasteiger partial charge in [-0.1, -0.05) is 29.8 Å². The van der Waals surface area contributed by atoms with E-state index in [0.717, 1.165) is 16.8 Å². The molecule has 0 unspecified atom stereocenters. The first-order valence-electron chi connectivity index (χ1n) is 14.1. The lowest BCUT2D eigenvalue weighted by molar-refractivity contribution is 0.0923. The van der Waals surface area contributed by atoms with E-state index in [2.05, 4.69) is 60.1 Å². The van der Waals surface area contributed by atoms with E-state index in [1.54, 1.807) is 12.1 Å². The zero-order valence-electron chi connectivity index (χ0n) is 24.8. The molecule has 0 saturated heterocycles. The van der Waals surface area contributed by atoms with Gasteiger partial charge in [-0.25, -0.2) is 5.43 Å². The van der Waals surface area contributed by atoms with Crippen molar-refractivity contribution in [3.63, 3.8) is 0 Å². The quantitative estimate of drug-likeness (QED) is 0.124. The van der Waals surface area contributed by atoms with E-state index in [-0.39, 0.29) is 12.4 Å². The molecule has 2 heterocycles. The number of amides is 1. The summed E-state index contributed by atoms with van der Waals surface area (Å²) in [6.07, 6.45) is 1.54. The van der Waals surface area contributed by atoms with Gasteiger partial charge in [0.25, 0.3) is 0 Å². The zero-order chi connectivity index (χ0) is 30.2. The Bertz CT molecular complexity index is 1700. The highest BCUT2D eigenvalue weighted by Crippen LogP contribution is 2.29. The van der Waals surface area contributed by atoms with Crippen molar-refractivity contribution in [1.29, 1.82) is 0 Å². The van der Waals surface area contributed by atoms with Crippen molar-refractivity contribution in [1.82, 2.24) is 9.99 Å².